The van der Waals surface area contributed by atoms with Gasteiger partial charge in [0, 0.05) is 25.9 Å². The maximum atomic E-state index is 11.5. The van der Waals surface area contributed by atoms with Gasteiger partial charge < -0.3 is 9.64 Å². The Hall–Kier alpha value is -1.06. The first-order valence-electron chi connectivity index (χ1n) is 5.53. The Morgan fingerprint density at radius 2 is 2.00 bits per heavy atom. The minimum absolute atomic E-state index is 0.237. The average molecular weight is 213 g/mol. The number of hydrogen-bond acceptors (Lipinski definition) is 3. The Labute approximate surface area is 90.6 Å². The monoisotopic (exact) mass is 213 g/mol. The lowest BCUT2D eigenvalue weighted by molar-refractivity contribution is -0.121. The molecule has 0 saturated carbocycles. The molecule has 0 aromatic heterocycles. The summed E-state index contributed by atoms with van der Waals surface area (Å²) in [6.45, 7) is 5.68. The zero-order chi connectivity index (χ0) is 11.3. The van der Waals surface area contributed by atoms with Crippen molar-refractivity contribution < 1.29 is 14.3 Å². The summed E-state index contributed by atoms with van der Waals surface area (Å²) in [6, 6.07) is 0. The first-order chi connectivity index (χ1) is 7.09. The van der Waals surface area contributed by atoms with Crippen LogP contribution in [0.1, 0.15) is 33.1 Å². The molecule has 15 heavy (non-hydrogen) atoms. The molecule has 0 atom stereocenters. The quantitative estimate of drug-likeness (QED) is 0.718. The summed E-state index contributed by atoms with van der Waals surface area (Å²) in [5.41, 5.74) is 0. The van der Waals surface area contributed by atoms with Gasteiger partial charge in [-0.25, -0.2) is 4.79 Å². The molecule has 1 amide bonds. The van der Waals surface area contributed by atoms with E-state index in [2.05, 4.69) is 13.8 Å². The van der Waals surface area contributed by atoms with Crippen molar-refractivity contribution in [1.29, 1.82) is 0 Å². The molecule has 0 aromatic rings. The van der Waals surface area contributed by atoms with Crippen molar-refractivity contribution in [2.75, 3.05) is 19.7 Å². The Morgan fingerprint density at radius 1 is 1.40 bits per heavy atom. The smallest absolute Gasteiger partial charge is 0.409 e. The molecule has 0 bridgehead atoms. The Bertz CT molecular complexity index is 228. The third-order valence-corrected chi connectivity index (χ3v) is 2.50. The number of amides is 1. The van der Waals surface area contributed by atoms with E-state index in [1.165, 1.54) is 0 Å². The minimum atomic E-state index is -0.275. The summed E-state index contributed by atoms with van der Waals surface area (Å²) < 4.78 is 5.10. The molecule has 0 aromatic carbocycles. The molecule has 0 radical (unpaired) electrons. The van der Waals surface area contributed by atoms with Gasteiger partial charge in [-0.05, 0) is 12.3 Å². The molecule has 1 aliphatic heterocycles. The van der Waals surface area contributed by atoms with Crippen molar-refractivity contribution in [3.05, 3.63) is 0 Å². The summed E-state index contributed by atoms with van der Waals surface area (Å²) in [5, 5.41) is 0. The van der Waals surface area contributed by atoms with E-state index in [9.17, 15) is 9.59 Å². The number of piperidine rings is 1. The van der Waals surface area contributed by atoms with E-state index in [1.807, 2.05) is 0 Å². The predicted octanol–water partition coefficient (Wildman–Crippen LogP) is 1.83. The van der Waals surface area contributed by atoms with Crippen LogP contribution >= 0.6 is 0 Å². The summed E-state index contributed by atoms with van der Waals surface area (Å²) in [6.07, 6.45) is 1.56. The van der Waals surface area contributed by atoms with Gasteiger partial charge in [0.1, 0.15) is 5.78 Å². The van der Waals surface area contributed by atoms with E-state index in [0.29, 0.717) is 38.5 Å². The first-order valence-corrected chi connectivity index (χ1v) is 5.53. The highest BCUT2D eigenvalue weighted by molar-refractivity contribution is 5.81. The van der Waals surface area contributed by atoms with Gasteiger partial charge in [-0.2, -0.15) is 0 Å². The van der Waals surface area contributed by atoms with E-state index < -0.39 is 0 Å². The van der Waals surface area contributed by atoms with Crippen LogP contribution in [0, 0.1) is 5.92 Å². The third kappa shape index (κ3) is 4.32. The molecule has 1 saturated heterocycles. The molecule has 4 heteroatoms. The maximum absolute atomic E-state index is 11.5. The van der Waals surface area contributed by atoms with Gasteiger partial charge in [-0.1, -0.05) is 13.8 Å². The Balaban J connectivity index is 2.19. The van der Waals surface area contributed by atoms with Crippen LogP contribution in [-0.2, 0) is 9.53 Å². The molecule has 0 N–H and O–H groups in total. The van der Waals surface area contributed by atoms with E-state index in [4.69, 9.17) is 4.74 Å². The topological polar surface area (TPSA) is 46.6 Å². The number of nitrogens with zero attached hydrogens (tertiary/aromatic N) is 1. The SMILES string of the molecule is CC(C)CCOC(=O)N1CCC(=O)CC1. The van der Waals surface area contributed by atoms with Crippen LogP contribution in [0.25, 0.3) is 0 Å². The van der Waals surface area contributed by atoms with E-state index in [-0.39, 0.29) is 11.9 Å². The lowest BCUT2D eigenvalue weighted by Crippen LogP contribution is -2.39. The summed E-state index contributed by atoms with van der Waals surface area (Å²) in [4.78, 5) is 24.0. The van der Waals surface area contributed by atoms with Crippen LogP contribution < -0.4 is 0 Å². The molecule has 1 fully saturated rings. The largest absolute Gasteiger partial charge is 0.449 e. The highest BCUT2D eigenvalue weighted by Gasteiger charge is 2.21. The van der Waals surface area contributed by atoms with Crippen molar-refractivity contribution in [2.24, 2.45) is 5.92 Å². The van der Waals surface area contributed by atoms with Crippen molar-refractivity contribution >= 4 is 11.9 Å². The molecule has 0 aliphatic carbocycles. The van der Waals surface area contributed by atoms with Crippen molar-refractivity contribution in [3.63, 3.8) is 0 Å². The summed E-state index contributed by atoms with van der Waals surface area (Å²) in [7, 11) is 0. The highest BCUT2D eigenvalue weighted by atomic mass is 16.6. The number of Topliss-reactive ketones (excluding diaryl/α,β-unsaturated/α-hetero) is 1. The number of likely N-dealkylation sites (tertiary alicyclic amines) is 1. The van der Waals surface area contributed by atoms with Gasteiger partial charge in [0.25, 0.3) is 0 Å². The molecule has 0 spiro atoms. The van der Waals surface area contributed by atoms with Crippen LogP contribution in [0.15, 0.2) is 0 Å². The second-order valence-corrected chi connectivity index (χ2v) is 4.32. The first kappa shape index (κ1) is 12.0. The molecule has 0 unspecified atom stereocenters. The van der Waals surface area contributed by atoms with Crippen LogP contribution in [0.3, 0.4) is 0 Å². The second kappa shape index (κ2) is 5.73. The van der Waals surface area contributed by atoms with Gasteiger partial charge in [0.2, 0.25) is 0 Å². The van der Waals surface area contributed by atoms with Crippen LogP contribution in [0.5, 0.6) is 0 Å². The van der Waals surface area contributed by atoms with Crippen molar-refractivity contribution in [2.45, 2.75) is 33.1 Å². The Morgan fingerprint density at radius 3 is 2.53 bits per heavy atom. The van der Waals surface area contributed by atoms with E-state index >= 15 is 0 Å². The fourth-order valence-electron chi connectivity index (χ4n) is 1.41. The summed E-state index contributed by atoms with van der Waals surface area (Å²) in [5.74, 6) is 0.780. The number of rotatable bonds is 3. The fraction of sp³-hybridized carbons (Fsp3) is 0.818. The second-order valence-electron chi connectivity index (χ2n) is 4.32. The molecule has 4 nitrogen and oxygen atoms in total. The molecule has 86 valence electrons. The lowest BCUT2D eigenvalue weighted by atomic mass is 10.1. The van der Waals surface area contributed by atoms with E-state index in [1.54, 1.807) is 4.90 Å². The highest BCUT2D eigenvalue weighted by Crippen LogP contribution is 2.08. The summed E-state index contributed by atoms with van der Waals surface area (Å²) >= 11 is 0. The fourth-order valence-corrected chi connectivity index (χ4v) is 1.41. The van der Waals surface area contributed by atoms with Gasteiger partial charge in [0.05, 0.1) is 6.61 Å². The Kier molecular flexibility index (Phi) is 4.59. The van der Waals surface area contributed by atoms with Crippen LogP contribution in [0.2, 0.25) is 0 Å². The number of carbonyl (C=O) groups excluding carboxylic acids is 2. The molecular weight excluding hydrogens is 194 g/mol. The molecule has 1 aliphatic rings. The van der Waals surface area contributed by atoms with Gasteiger partial charge in [-0.15, -0.1) is 0 Å². The molecule has 1 heterocycles. The van der Waals surface area contributed by atoms with E-state index in [0.717, 1.165) is 6.42 Å². The number of hydrogen-bond donors (Lipinski definition) is 0. The zero-order valence-electron chi connectivity index (χ0n) is 9.49. The zero-order valence-corrected chi connectivity index (χ0v) is 9.49. The average Bonchev–Trinajstić information content (AvgIpc) is 2.18. The molecule has 1 rings (SSSR count). The van der Waals surface area contributed by atoms with Gasteiger partial charge in [0.15, 0.2) is 0 Å². The normalized spacial score (nSPS) is 17.0. The maximum Gasteiger partial charge on any atom is 0.409 e. The minimum Gasteiger partial charge on any atom is -0.449 e. The molecular formula is C11H19NO3. The van der Waals surface area contributed by atoms with Gasteiger partial charge in [-0.3, -0.25) is 4.79 Å². The van der Waals surface area contributed by atoms with Gasteiger partial charge >= 0.3 is 6.09 Å². The lowest BCUT2D eigenvalue weighted by Gasteiger charge is -2.25. The standard InChI is InChI=1S/C11H19NO3/c1-9(2)5-8-15-11(14)12-6-3-10(13)4-7-12/h9H,3-8H2,1-2H3. The third-order valence-electron chi connectivity index (χ3n) is 2.50. The number of ketones is 1. The number of ether oxygens (including phenoxy) is 1. The van der Waals surface area contributed by atoms with Crippen LogP contribution in [-0.4, -0.2) is 36.5 Å². The predicted molar refractivity (Wildman–Crippen MR) is 56.6 cm³/mol. The van der Waals surface area contributed by atoms with Crippen molar-refractivity contribution in [3.8, 4) is 0 Å². The number of carbonyl (C=O) groups is 2. The van der Waals surface area contributed by atoms with Crippen LogP contribution in [0.4, 0.5) is 4.79 Å². The van der Waals surface area contributed by atoms with Crippen molar-refractivity contribution in [1.82, 2.24) is 4.90 Å².